The minimum absolute atomic E-state index is 0.0322. The average Bonchev–Trinajstić information content (AvgIpc) is 3.88. The molecule has 2 bridgehead atoms. The fourth-order valence-corrected chi connectivity index (χ4v) is 14.1. The molecule has 8 aromatic carbocycles. The van der Waals surface area contributed by atoms with Gasteiger partial charge < -0.3 is 14.7 Å². The molecule has 3 aliphatic heterocycles. The molecule has 0 atom stereocenters. The molecular formula is C58H46BN3S3. The van der Waals surface area contributed by atoms with Crippen LogP contribution in [0.5, 0.6) is 0 Å². The molecule has 0 saturated carbocycles. The first kappa shape index (κ1) is 39.1. The van der Waals surface area contributed by atoms with Crippen LogP contribution in [0.2, 0.25) is 0 Å². The molecule has 5 heterocycles. The minimum Gasteiger partial charge on any atom is -0.310 e. The van der Waals surface area contributed by atoms with Crippen LogP contribution in [0.15, 0.2) is 180 Å². The van der Waals surface area contributed by atoms with Crippen molar-refractivity contribution in [1.82, 2.24) is 0 Å². The number of rotatable bonds is 2. The van der Waals surface area contributed by atoms with Crippen LogP contribution in [-0.4, -0.2) is 6.71 Å². The maximum Gasteiger partial charge on any atom is 0.264 e. The monoisotopic (exact) mass is 891 g/mol. The zero-order valence-electron chi connectivity index (χ0n) is 37.3. The molecule has 10 aromatic rings. The lowest BCUT2D eigenvalue weighted by Gasteiger charge is -2.44. The van der Waals surface area contributed by atoms with Crippen molar-refractivity contribution in [3.05, 3.63) is 181 Å². The van der Waals surface area contributed by atoms with E-state index < -0.39 is 0 Å². The van der Waals surface area contributed by atoms with Crippen molar-refractivity contribution in [3.8, 4) is 0 Å². The summed E-state index contributed by atoms with van der Waals surface area (Å²) in [5, 5.41) is 3.90. The first-order chi connectivity index (χ1) is 31.5. The Labute approximate surface area is 393 Å². The number of anilines is 9. The van der Waals surface area contributed by atoms with E-state index >= 15 is 0 Å². The second-order valence-corrected chi connectivity index (χ2v) is 23.0. The zero-order valence-corrected chi connectivity index (χ0v) is 39.8. The van der Waals surface area contributed by atoms with E-state index in [1.54, 1.807) is 0 Å². The summed E-state index contributed by atoms with van der Waals surface area (Å²) in [5.74, 6) is 0. The summed E-state index contributed by atoms with van der Waals surface area (Å²) in [6.45, 7) is 13.9. The number of fused-ring (bicyclic) bond motifs is 13. The van der Waals surface area contributed by atoms with Gasteiger partial charge in [-0.05, 0) is 118 Å². The zero-order chi connectivity index (χ0) is 43.9. The van der Waals surface area contributed by atoms with E-state index in [2.05, 4.69) is 226 Å². The van der Waals surface area contributed by atoms with Crippen LogP contribution in [0, 0.1) is 0 Å². The molecule has 0 radical (unpaired) electrons. The molecule has 0 aliphatic carbocycles. The van der Waals surface area contributed by atoms with Crippen LogP contribution in [0.1, 0.15) is 52.7 Å². The summed E-state index contributed by atoms with van der Waals surface area (Å²) in [6, 6.07) is 64.7. The number of nitrogens with zero attached hydrogens (tertiary/aromatic N) is 3. The lowest BCUT2D eigenvalue weighted by Crippen LogP contribution is -2.60. The Morgan fingerprint density at radius 2 is 1.02 bits per heavy atom. The quantitative estimate of drug-likeness (QED) is 0.160. The third-order valence-electron chi connectivity index (χ3n) is 13.7. The Bertz CT molecular complexity index is 3590. The molecule has 65 heavy (non-hydrogen) atoms. The summed E-state index contributed by atoms with van der Waals surface area (Å²) in [4.78, 5) is 10.1. The Morgan fingerprint density at radius 1 is 0.415 bits per heavy atom. The predicted molar refractivity (Wildman–Crippen MR) is 285 cm³/mol. The summed E-state index contributed by atoms with van der Waals surface area (Å²) in [6.07, 6.45) is 0. The third kappa shape index (κ3) is 5.88. The lowest BCUT2D eigenvalue weighted by atomic mass is 9.36. The number of hydrogen-bond acceptors (Lipinski definition) is 6. The van der Waals surface area contributed by atoms with E-state index in [1.807, 2.05) is 34.4 Å². The summed E-state index contributed by atoms with van der Waals surface area (Å²) in [7, 11) is 0. The topological polar surface area (TPSA) is 9.72 Å². The van der Waals surface area contributed by atoms with Crippen molar-refractivity contribution in [2.75, 3.05) is 14.7 Å². The number of hydrogen-bond donors (Lipinski definition) is 0. The molecule has 0 saturated heterocycles. The number of thiophene rings is 2. The molecule has 7 heteroatoms. The number of para-hydroxylation sites is 2. The summed E-state index contributed by atoms with van der Waals surface area (Å²) < 4.78 is 5.33. The molecular weight excluding hydrogens is 846 g/mol. The smallest absolute Gasteiger partial charge is 0.264 e. The van der Waals surface area contributed by atoms with Crippen LogP contribution < -0.4 is 30.4 Å². The van der Waals surface area contributed by atoms with E-state index in [1.165, 1.54) is 112 Å². The highest BCUT2D eigenvalue weighted by atomic mass is 32.2. The van der Waals surface area contributed by atoms with Crippen LogP contribution in [0.4, 0.5) is 51.2 Å². The van der Waals surface area contributed by atoms with Gasteiger partial charge in [-0.25, -0.2) is 0 Å². The summed E-state index contributed by atoms with van der Waals surface area (Å²) in [5.41, 5.74) is 16.3. The van der Waals surface area contributed by atoms with E-state index in [-0.39, 0.29) is 17.5 Å². The van der Waals surface area contributed by atoms with Gasteiger partial charge in [0, 0.05) is 73.3 Å². The van der Waals surface area contributed by atoms with Gasteiger partial charge in [-0.1, -0.05) is 138 Å². The van der Waals surface area contributed by atoms with Gasteiger partial charge in [0.05, 0.1) is 22.7 Å². The Balaban J connectivity index is 1.11. The van der Waals surface area contributed by atoms with E-state index in [4.69, 9.17) is 0 Å². The lowest BCUT2D eigenvalue weighted by molar-refractivity contribution is 0.590. The van der Waals surface area contributed by atoms with Gasteiger partial charge in [0.15, 0.2) is 0 Å². The van der Waals surface area contributed by atoms with Gasteiger partial charge in [-0.3, -0.25) is 0 Å². The molecule has 0 amide bonds. The fourth-order valence-electron chi connectivity index (χ4n) is 10.6. The van der Waals surface area contributed by atoms with Gasteiger partial charge in [-0.2, -0.15) is 0 Å². The number of benzene rings is 8. The highest BCUT2D eigenvalue weighted by Crippen LogP contribution is 2.54. The molecule has 13 rings (SSSR count). The largest absolute Gasteiger partial charge is 0.310 e. The van der Waals surface area contributed by atoms with Crippen molar-refractivity contribution >= 4 is 138 Å². The summed E-state index contributed by atoms with van der Waals surface area (Å²) >= 11 is 5.72. The highest BCUT2D eigenvalue weighted by molar-refractivity contribution is 7.99. The Morgan fingerprint density at radius 3 is 1.77 bits per heavy atom. The van der Waals surface area contributed by atoms with E-state index in [0.29, 0.717) is 0 Å². The van der Waals surface area contributed by atoms with Crippen LogP contribution in [0.25, 0.3) is 30.3 Å². The van der Waals surface area contributed by atoms with Crippen molar-refractivity contribution < 1.29 is 0 Å². The van der Waals surface area contributed by atoms with E-state index in [9.17, 15) is 0 Å². The van der Waals surface area contributed by atoms with Crippen molar-refractivity contribution in [3.63, 3.8) is 0 Å². The molecule has 3 aliphatic rings. The first-order valence-electron chi connectivity index (χ1n) is 22.6. The average molecular weight is 892 g/mol. The highest BCUT2D eigenvalue weighted by Gasteiger charge is 2.46. The van der Waals surface area contributed by atoms with Crippen molar-refractivity contribution in [2.24, 2.45) is 0 Å². The first-order valence-corrected chi connectivity index (χ1v) is 25.1. The molecule has 2 aromatic heterocycles. The van der Waals surface area contributed by atoms with Gasteiger partial charge in [0.25, 0.3) is 6.71 Å². The third-order valence-corrected chi connectivity index (χ3v) is 17.2. The molecule has 0 unspecified atom stereocenters. The normalized spacial score (nSPS) is 14.1. The molecule has 314 valence electrons. The standard InChI is InChI=1S/C58H46BN3S3/c1-57(2,3)35-25-28-37(29-26-35)61-45-19-13-20-46-54(45)59(56-55(61)40-31-27-36(58(4,5)6)33-52(40)65-56)41-32-30-38-34-47(41)62(46)43-17-9-12-23-50(43)64-49-22-11-8-16-42(49)60(38)44-18-14-24-51-53(44)39-15-7-10-21-48(39)63-51/h7-34H,1-6H3. The second kappa shape index (κ2) is 14.1. The van der Waals surface area contributed by atoms with Gasteiger partial charge >= 0.3 is 0 Å². The van der Waals surface area contributed by atoms with Crippen LogP contribution >= 0.6 is 34.4 Å². The Hall–Kier alpha value is -6.25. The Kier molecular flexibility index (Phi) is 8.51. The minimum atomic E-state index is 0.0322. The maximum atomic E-state index is 2.58. The molecule has 0 fully saturated rings. The van der Waals surface area contributed by atoms with Gasteiger partial charge in [0.2, 0.25) is 0 Å². The SMILES string of the molecule is CC(C)(C)c1ccc(N2c3cccc4c3B(c3ccc5cc3N4c3ccccc3Sc3ccccc3N5c3cccc4sc5ccccc5c34)c3sc4cc(C(C)(C)C)ccc4c32)cc1. The van der Waals surface area contributed by atoms with Gasteiger partial charge in [-0.15, -0.1) is 22.7 Å². The predicted octanol–water partition coefficient (Wildman–Crippen LogP) is 15.9. The van der Waals surface area contributed by atoms with Crippen molar-refractivity contribution in [1.29, 1.82) is 0 Å². The van der Waals surface area contributed by atoms with Crippen LogP contribution in [-0.2, 0) is 10.8 Å². The molecule has 0 spiro atoms. The van der Waals surface area contributed by atoms with E-state index in [0.717, 1.165) is 5.69 Å². The molecule has 3 nitrogen and oxygen atoms in total. The molecule has 0 N–H and O–H groups in total. The fraction of sp³-hybridized carbons (Fsp3) is 0.138. The maximum absolute atomic E-state index is 2.58. The van der Waals surface area contributed by atoms with Gasteiger partial charge in [0.1, 0.15) is 0 Å². The van der Waals surface area contributed by atoms with Crippen molar-refractivity contribution in [2.45, 2.75) is 62.2 Å². The second-order valence-electron chi connectivity index (χ2n) is 19.8. The van der Waals surface area contributed by atoms with Crippen LogP contribution in [0.3, 0.4) is 0 Å².